The highest BCUT2D eigenvalue weighted by atomic mass is 16.5. The van der Waals surface area contributed by atoms with E-state index in [2.05, 4.69) is 29.5 Å². The van der Waals surface area contributed by atoms with Crippen molar-refractivity contribution in [3.63, 3.8) is 0 Å². The van der Waals surface area contributed by atoms with Crippen molar-refractivity contribution in [2.75, 3.05) is 20.2 Å². The summed E-state index contributed by atoms with van der Waals surface area (Å²) < 4.78 is 12.1. The van der Waals surface area contributed by atoms with E-state index in [9.17, 15) is 4.79 Å². The molecule has 2 aromatic rings. The molecule has 188 valence electrons. The first-order valence-corrected chi connectivity index (χ1v) is 13.6. The van der Waals surface area contributed by atoms with Gasteiger partial charge in [-0.3, -0.25) is 14.7 Å². The van der Waals surface area contributed by atoms with E-state index < -0.39 is 0 Å². The largest absolute Gasteiger partial charge is 0.497 e. The Kier molecular flexibility index (Phi) is 7.43. The molecule has 3 saturated heterocycles. The van der Waals surface area contributed by atoms with Crippen LogP contribution in [0.5, 0.6) is 5.75 Å². The normalized spacial score (nSPS) is 31.1. The molecule has 1 saturated carbocycles. The number of piperidine rings is 3. The summed E-state index contributed by atoms with van der Waals surface area (Å²) in [6.45, 7) is 8.40. The number of carbonyl (C=O) groups is 1. The molecule has 5 heteroatoms. The molecule has 1 aromatic heterocycles. The fraction of sp³-hybridized carbons (Fsp3) is 0.600. The topological polar surface area (TPSA) is 51.7 Å². The lowest BCUT2D eigenvalue weighted by Gasteiger charge is -2.51. The number of hydrogen-bond donors (Lipinski definition) is 0. The number of pyridine rings is 1. The second-order valence-corrected chi connectivity index (χ2v) is 10.9. The maximum atomic E-state index is 13.6. The van der Waals surface area contributed by atoms with Crippen molar-refractivity contribution in [3.05, 3.63) is 48.7 Å². The molecule has 35 heavy (non-hydrogen) atoms. The van der Waals surface area contributed by atoms with Gasteiger partial charge < -0.3 is 9.47 Å². The smallest absolute Gasteiger partial charge is 0.309 e. The molecule has 0 amide bonds. The highest BCUT2D eigenvalue weighted by Gasteiger charge is 2.45. The fourth-order valence-electron chi connectivity index (χ4n) is 6.88. The minimum absolute atomic E-state index is 0.0132. The second kappa shape index (κ2) is 10.7. The zero-order valence-corrected chi connectivity index (χ0v) is 21.3. The SMILES string of the molecule is C=CC1CN2CCC1CC2C(OC(=O)C1CCC(CCC)CC1)c1ccnc2ccc(OC)cc12. The predicted molar refractivity (Wildman–Crippen MR) is 139 cm³/mol. The average Bonchev–Trinajstić information content (AvgIpc) is 2.91. The molecule has 0 radical (unpaired) electrons. The molecule has 3 aliphatic heterocycles. The fourth-order valence-corrected chi connectivity index (χ4v) is 6.88. The summed E-state index contributed by atoms with van der Waals surface area (Å²) in [6, 6.07) is 8.20. The average molecular weight is 477 g/mol. The van der Waals surface area contributed by atoms with Crippen molar-refractivity contribution >= 4 is 16.9 Å². The molecule has 5 nitrogen and oxygen atoms in total. The highest BCUT2D eigenvalue weighted by Crippen LogP contribution is 2.44. The van der Waals surface area contributed by atoms with E-state index in [1.54, 1.807) is 7.11 Å². The third-order valence-corrected chi connectivity index (χ3v) is 8.91. The van der Waals surface area contributed by atoms with Crippen molar-refractivity contribution < 1.29 is 14.3 Å². The maximum absolute atomic E-state index is 13.6. The Balaban J connectivity index is 1.45. The van der Waals surface area contributed by atoms with Crippen molar-refractivity contribution in [3.8, 4) is 5.75 Å². The van der Waals surface area contributed by atoms with Crippen LogP contribution in [-0.4, -0.2) is 42.1 Å². The summed E-state index contributed by atoms with van der Waals surface area (Å²) in [7, 11) is 1.69. The zero-order chi connectivity index (χ0) is 24.4. The molecule has 4 heterocycles. The van der Waals surface area contributed by atoms with Gasteiger partial charge in [0.2, 0.25) is 0 Å². The van der Waals surface area contributed by atoms with Gasteiger partial charge in [-0.2, -0.15) is 0 Å². The number of esters is 1. The van der Waals surface area contributed by atoms with Gasteiger partial charge in [0.25, 0.3) is 0 Å². The second-order valence-electron chi connectivity index (χ2n) is 10.9. The minimum Gasteiger partial charge on any atom is -0.497 e. The van der Waals surface area contributed by atoms with E-state index in [1.165, 1.54) is 19.3 Å². The molecule has 0 spiro atoms. The van der Waals surface area contributed by atoms with Gasteiger partial charge in [0.1, 0.15) is 11.9 Å². The quantitative estimate of drug-likeness (QED) is 0.329. The maximum Gasteiger partial charge on any atom is 0.309 e. The van der Waals surface area contributed by atoms with E-state index in [-0.39, 0.29) is 24.0 Å². The lowest BCUT2D eigenvalue weighted by Crippen LogP contribution is -2.55. The third-order valence-electron chi connectivity index (χ3n) is 8.91. The number of aromatic nitrogens is 1. The molecular weight excluding hydrogens is 436 g/mol. The van der Waals surface area contributed by atoms with Crippen LogP contribution in [0, 0.1) is 23.7 Å². The number of methoxy groups -OCH3 is 1. The molecule has 4 aliphatic rings. The van der Waals surface area contributed by atoms with Crippen LogP contribution < -0.4 is 4.74 Å². The predicted octanol–water partition coefficient (Wildman–Crippen LogP) is 6.33. The van der Waals surface area contributed by atoms with Crippen LogP contribution in [0.2, 0.25) is 0 Å². The molecule has 4 fully saturated rings. The summed E-state index contributed by atoms with van der Waals surface area (Å²) >= 11 is 0. The lowest BCUT2D eigenvalue weighted by atomic mass is 9.73. The van der Waals surface area contributed by atoms with Crippen LogP contribution in [0.25, 0.3) is 10.9 Å². The van der Waals surface area contributed by atoms with Gasteiger partial charge in [-0.25, -0.2) is 0 Å². The summed E-state index contributed by atoms with van der Waals surface area (Å²) in [6.07, 6.45) is 12.6. The van der Waals surface area contributed by atoms with Crippen molar-refractivity contribution in [1.29, 1.82) is 0 Å². The first-order chi connectivity index (χ1) is 17.1. The standard InChI is InChI=1S/C30H40N2O3/c1-4-6-20-7-9-22(10-8-20)30(33)35-29(28-17-23-14-16-32(28)19-21(23)5-2)25-13-15-31-27-12-11-24(34-3)18-26(25)27/h5,11-13,15,18,20-23,28-29H,2,4,6-10,14,16-17,19H2,1,3H3. The van der Waals surface area contributed by atoms with E-state index in [4.69, 9.17) is 9.47 Å². The zero-order valence-electron chi connectivity index (χ0n) is 21.3. The number of fused-ring (bicyclic) bond motifs is 4. The number of ether oxygens (including phenoxy) is 2. The van der Waals surface area contributed by atoms with E-state index in [1.807, 2.05) is 30.5 Å². The molecule has 1 aliphatic carbocycles. The summed E-state index contributed by atoms with van der Waals surface area (Å²) in [5.74, 6) is 2.71. The van der Waals surface area contributed by atoms with Crippen LogP contribution in [-0.2, 0) is 9.53 Å². The van der Waals surface area contributed by atoms with Crippen LogP contribution >= 0.6 is 0 Å². The van der Waals surface area contributed by atoms with Gasteiger partial charge >= 0.3 is 5.97 Å². The number of carbonyl (C=O) groups excluding carboxylic acids is 1. The molecule has 2 bridgehead atoms. The molecule has 5 atom stereocenters. The minimum atomic E-state index is -0.304. The Morgan fingerprint density at radius 2 is 2.06 bits per heavy atom. The Bertz CT molecular complexity index is 1050. The van der Waals surface area contributed by atoms with Crippen molar-refractivity contribution in [1.82, 2.24) is 9.88 Å². The molecular formula is C30H40N2O3. The van der Waals surface area contributed by atoms with Crippen LogP contribution in [0.4, 0.5) is 0 Å². The van der Waals surface area contributed by atoms with Crippen molar-refractivity contribution in [2.45, 2.75) is 70.4 Å². The van der Waals surface area contributed by atoms with E-state index in [0.717, 1.165) is 73.3 Å². The van der Waals surface area contributed by atoms with Crippen LogP contribution in [0.15, 0.2) is 43.1 Å². The van der Waals surface area contributed by atoms with Gasteiger partial charge in [0, 0.05) is 23.7 Å². The number of rotatable bonds is 8. The van der Waals surface area contributed by atoms with Crippen LogP contribution in [0.1, 0.15) is 70.0 Å². The Hall–Kier alpha value is -2.40. The van der Waals surface area contributed by atoms with Gasteiger partial charge in [-0.1, -0.05) is 25.8 Å². The summed E-state index contributed by atoms with van der Waals surface area (Å²) in [5.41, 5.74) is 1.96. The molecule has 1 aromatic carbocycles. The molecule has 5 unspecified atom stereocenters. The van der Waals surface area contributed by atoms with Gasteiger partial charge in [-0.15, -0.1) is 6.58 Å². The lowest BCUT2D eigenvalue weighted by molar-refractivity contribution is -0.163. The van der Waals surface area contributed by atoms with Gasteiger partial charge in [0.05, 0.1) is 24.6 Å². The first-order valence-electron chi connectivity index (χ1n) is 13.6. The van der Waals surface area contributed by atoms with Crippen molar-refractivity contribution in [2.24, 2.45) is 23.7 Å². The van der Waals surface area contributed by atoms with E-state index in [0.29, 0.717) is 11.8 Å². The van der Waals surface area contributed by atoms with Crippen LogP contribution in [0.3, 0.4) is 0 Å². The van der Waals surface area contributed by atoms with Gasteiger partial charge in [-0.05, 0) is 87.1 Å². The monoisotopic (exact) mass is 476 g/mol. The first kappa shape index (κ1) is 24.3. The number of nitrogens with zero attached hydrogens (tertiary/aromatic N) is 2. The Labute approximate surface area is 209 Å². The molecule has 6 rings (SSSR count). The number of benzene rings is 1. The highest BCUT2D eigenvalue weighted by molar-refractivity contribution is 5.84. The third kappa shape index (κ3) is 4.97. The Morgan fingerprint density at radius 3 is 2.74 bits per heavy atom. The summed E-state index contributed by atoms with van der Waals surface area (Å²) in [5, 5.41) is 1.01. The summed E-state index contributed by atoms with van der Waals surface area (Å²) in [4.78, 5) is 20.7. The number of hydrogen-bond acceptors (Lipinski definition) is 5. The van der Waals surface area contributed by atoms with Gasteiger partial charge in [0.15, 0.2) is 0 Å². The van der Waals surface area contributed by atoms with E-state index >= 15 is 0 Å². The Morgan fingerprint density at radius 1 is 1.23 bits per heavy atom. The molecule has 0 N–H and O–H groups in total.